The molecular weight excluding hydrogens is 252 g/mol. The van der Waals surface area contributed by atoms with Crippen LogP contribution in [-0.2, 0) is 6.54 Å². The van der Waals surface area contributed by atoms with Gasteiger partial charge in [0.15, 0.2) is 11.5 Å². The molecule has 7 heteroatoms. The monoisotopic (exact) mass is 266 g/mol. The van der Waals surface area contributed by atoms with E-state index in [9.17, 15) is 0 Å². The van der Waals surface area contributed by atoms with Gasteiger partial charge in [0.2, 0.25) is 10.3 Å². The van der Waals surface area contributed by atoms with Crippen molar-refractivity contribution < 1.29 is 9.47 Å². The maximum Gasteiger partial charge on any atom is 0.207 e. The highest BCUT2D eigenvalue weighted by molar-refractivity contribution is 7.18. The molecule has 0 aliphatic rings. The second-order valence-electron chi connectivity index (χ2n) is 3.49. The summed E-state index contributed by atoms with van der Waals surface area (Å²) in [5.74, 6) is 1.41. The largest absolute Gasteiger partial charge is 0.493 e. The highest BCUT2D eigenvalue weighted by Gasteiger charge is 2.05. The number of nitrogen functional groups attached to an aromatic ring is 1. The summed E-state index contributed by atoms with van der Waals surface area (Å²) in [6, 6.07) is 5.74. The fourth-order valence-corrected chi connectivity index (χ4v) is 1.98. The third-order valence-electron chi connectivity index (χ3n) is 2.33. The molecular formula is C11H14N4O2S. The van der Waals surface area contributed by atoms with Gasteiger partial charge in [-0.3, -0.25) is 0 Å². The zero-order chi connectivity index (χ0) is 13.0. The van der Waals surface area contributed by atoms with Crippen LogP contribution in [0.3, 0.4) is 0 Å². The van der Waals surface area contributed by atoms with E-state index in [1.54, 1.807) is 14.2 Å². The van der Waals surface area contributed by atoms with Crippen LogP contribution < -0.4 is 20.5 Å². The lowest BCUT2D eigenvalue weighted by molar-refractivity contribution is 0.354. The second kappa shape index (κ2) is 5.54. The van der Waals surface area contributed by atoms with Crippen molar-refractivity contribution in [1.29, 1.82) is 0 Å². The Hall–Kier alpha value is -2.02. The number of ether oxygens (including phenoxy) is 2. The first-order valence-corrected chi connectivity index (χ1v) is 6.08. The lowest BCUT2D eigenvalue weighted by atomic mass is 10.2. The summed E-state index contributed by atoms with van der Waals surface area (Å²) in [5, 5.41) is 11.9. The lowest BCUT2D eigenvalue weighted by Crippen LogP contribution is -2.00. The van der Waals surface area contributed by atoms with Crippen LogP contribution >= 0.6 is 11.3 Å². The van der Waals surface area contributed by atoms with Crippen LogP contribution in [0.25, 0.3) is 0 Å². The lowest BCUT2D eigenvalue weighted by Gasteiger charge is -2.09. The molecule has 0 saturated carbocycles. The maximum absolute atomic E-state index is 5.50. The summed E-state index contributed by atoms with van der Waals surface area (Å²) in [6.07, 6.45) is 0. The van der Waals surface area contributed by atoms with Crippen LogP contribution in [0, 0.1) is 0 Å². The summed E-state index contributed by atoms with van der Waals surface area (Å²) >= 11 is 1.31. The predicted octanol–water partition coefficient (Wildman–Crippen LogP) is 1.75. The van der Waals surface area contributed by atoms with Gasteiger partial charge in [0.1, 0.15) is 0 Å². The number of methoxy groups -OCH3 is 2. The fourth-order valence-electron chi connectivity index (χ4n) is 1.47. The van der Waals surface area contributed by atoms with Crippen molar-refractivity contribution in [3.8, 4) is 11.5 Å². The number of aromatic nitrogens is 2. The molecule has 0 radical (unpaired) electrons. The summed E-state index contributed by atoms with van der Waals surface area (Å²) in [5.41, 5.74) is 6.56. The first-order chi connectivity index (χ1) is 8.72. The van der Waals surface area contributed by atoms with E-state index in [0.717, 1.165) is 5.56 Å². The van der Waals surface area contributed by atoms with E-state index in [4.69, 9.17) is 15.2 Å². The SMILES string of the molecule is COc1ccc(CNc2nnc(N)s2)cc1OC. The predicted molar refractivity (Wildman–Crippen MR) is 71.2 cm³/mol. The Morgan fingerprint density at radius 2 is 2.00 bits per heavy atom. The van der Waals surface area contributed by atoms with E-state index < -0.39 is 0 Å². The number of benzene rings is 1. The molecule has 1 aromatic heterocycles. The number of anilines is 2. The molecule has 0 spiro atoms. The third-order valence-corrected chi connectivity index (χ3v) is 3.04. The van der Waals surface area contributed by atoms with Crippen LogP contribution in [0.15, 0.2) is 18.2 Å². The van der Waals surface area contributed by atoms with Crippen molar-refractivity contribution in [2.75, 3.05) is 25.3 Å². The van der Waals surface area contributed by atoms with Crippen LogP contribution in [0.5, 0.6) is 11.5 Å². The van der Waals surface area contributed by atoms with E-state index in [1.165, 1.54) is 11.3 Å². The Balaban J connectivity index is 2.05. The van der Waals surface area contributed by atoms with Gasteiger partial charge in [-0.2, -0.15) is 0 Å². The molecule has 18 heavy (non-hydrogen) atoms. The smallest absolute Gasteiger partial charge is 0.207 e. The molecule has 0 amide bonds. The van der Waals surface area contributed by atoms with E-state index in [1.807, 2.05) is 18.2 Å². The van der Waals surface area contributed by atoms with Gasteiger partial charge in [0.05, 0.1) is 14.2 Å². The van der Waals surface area contributed by atoms with Crippen molar-refractivity contribution in [3.05, 3.63) is 23.8 Å². The van der Waals surface area contributed by atoms with Crippen LogP contribution in [0.1, 0.15) is 5.56 Å². The number of nitrogens with zero attached hydrogens (tertiary/aromatic N) is 2. The van der Waals surface area contributed by atoms with Gasteiger partial charge < -0.3 is 20.5 Å². The molecule has 0 fully saturated rings. The van der Waals surface area contributed by atoms with Crippen molar-refractivity contribution in [1.82, 2.24) is 10.2 Å². The Morgan fingerprint density at radius 1 is 1.22 bits per heavy atom. The Kier molecular flexibility index (Phi) is 3.83. The van der Waals surface area contributed by atoms with E-state index in [0.29, 0.717) is 28.3 Å². The van der Waals surface area contributed by atoms with Crippen molar-refractivity contribution >= 4 is 21.6 Å². The summed E-state index contributed by atoms with van der Waals surface area (Å²) in [7, 11) is 3.22. The van der Waals surface area contributed by atoms with Gasteiger partial charge in [-0.15, -0.1) is 10.2 Å². The van der Waals surface area contributed by atoms with Gasteiger partial charge in [-0.25, -0.2) is 0 Å². The van der Waals surface area contributed by atoms with Crippen LogP contribution in [0.4, 0.5) is 10.3 Å². The van der Waals surface area contributed by atoms with Crippen molar-refractivity contribution in [3.63, 3.8) is 0 Å². The van der Waals surface area contributed by atoms with Crippen molar-refractivity contribution in [2.24, 2.45) is 0 Å². The minimum Gasteiger partial charge on any atom is -0.493 e. The van der Waals surface area contributed by atoms with E-state index in [2.05, 4.69) is 15.5 Å². The average molecular weight is 266 g/mol. The zero-order valence-electron chi connectivity index (χ0n) is 10.1. The van der Waals surface area contributed by atoms with E-state index in [-0.39, 0.29) is 0 Å². The normalized spacial score (nSPS) is 10.1. The summed E-state index contributed by atoms with van der Waals surface area (Å²) in [6.45, 7) is 0.620. The Bertz CT molecular complexity index is 530. The van der Waals surface area contributed by atoms with Crippen LogP contribution in [-0.4, -0.2) is 24.4 Å². The molecule has 1 heterocycles. The first-order valence-electron chi connectivity index (χ1n) is 5.26. The summed E-state index contributed by atoms with van der Waals surface area (Å²) < 4.78 is 10.4. The van der Waals surface area contributed by atoms with E-state index >= 15 is 0 Å². The number of hydrogen-bond donors (Lipinski definition) is 2. The van der Waals surface area contributed by atoms with Gasteiger partial charge in [0.25, 0.3) is 0 Å². The van der Waals surface area contributed by atoms with Crippen LogP contribution in [0.2, 0.25) is 0 Å². The number of rotatable bonds is 5. The van der Waals surface area contributed by atoms with Gasteiger partial charge in [0, 0.05) is 6.54 Å². The molecule has 0 unspecified atom stereocenters. The fraction of sp³-hybridized carbons (Fsp3) is 0.273. The van der Waals surface area contributed by atoms with Gasteiger partial charge in [-0.05, 0) is 17.7 Å². The molecule has 3 N–H and O–H groups in total. The minimum absolute atomic E-state index is 0.449. The molecule has 6 nitrogen and oxygen atoms in total. The molecule has 0 aliphatic heterocycles. The topological polar surface area (TPSA) is 82.3 Å². The third kappa shape index (κ3) is 2.80. The quantitative estimate of drug-likeness (QED) is 0.858. The molecule has 1 aromatic carbocycles. The molecule has 96 valence electrons. The Labute approximate surface area is 109 Å². The van der Waals surface area contributed by atoms with Gasteiger partial charge >= 0.3 is 0 Å². The minimum atomic E-state index is 0.449. The average Bonchev–Trinajstić information content (AvgIpc) is 2.81. The molecule has 0 aliphatic carbocycles. The molecule has 0 atom stereocenters. The number of nitrogens with one attached hydrogen (secondary N) is 1. The first kappa shape index (κ1) is 12.4. The molecule has 2 aromatic rings. The van der Waals surface area contributed by atoms with Gasteiger partial charge in [-0.1, -0.05) is 17.4 Å². The standard InChI is InChI=1S/C11H14N4O2S/c1-16-8-4-3-7(5-9(8)17-2)6-13-11-15-14-10(12)18-11/h3-5H,6H2,1-2H3,(H2,12,14)(H,13,15). The number of hydrogen-bond acceptors (Lipinski definition) is 7. The summed E-state index contributed by atoms with van der Waals surface area (Å²) in [4.78, 5) is 0. The van der Waals surface area contributed by atoms with Crippen molar-refractivity contribution in [2.45, 2.75) is 6.54 Å². The molecule has 0 bridgehead atoms. The molecule has 2 rings (SSSR count). The zero-order valence-corrected chi connectivity index (χ0v) is 11.0. The maximum atomic E-state index is 5.50. The Morgan fingerprint density at radius 3 is 2.61 bits per heavy atom. The molecule has 0 saturated heterocycles. The number of nitrogens with two attached hydrogens (primary N) is 1. The highest BCUT2D eigenvalue weighted by Crippen LogP contribution is 2.28. The second-order valence-corrected chi connectivity index (χ2v) is 4.50. The highest BCUT2D eigenvalue weighted by atomic mass is 32.1.